The summed E-state index contributed by atoms with van der Waals surface area (Å²) in [5, 5.41) is 11.0. The lowest BCUT2D eigenvalue weighted by Crippen LogP contribution is -2.42. The van der Waals surface area contributed by atoms with Crippen molar-refractivity contribution in [1.29, 1.82) is 5.26 Å². The minimum atomic E-state index is -4.44. The van der Waals surface area contributed by atoms with Gasteiger partial charge in [-0.15, -0.1) is 0 Å². The number of rotatable bonds is 2. The molecule has 6 heteroatoms. The second-order valence-electron chi connectivity index (χ2n) is 3.97. The first kappa shape index (κ1) is 14.0. The normalized spacial score (nSPS) is 11.8. The molecule has 1 radical (unpaired) electrons. The Labute approximate surface area is 102 Å². The van der Waals surface area contributed by atoms with Crippen LogP contribution in [0.25, 0.3) is 0 Å². The van der Waals surface area contributed by atoms with E-state index in [1.54, 1.807) is 6.07 Å². The fraction of sp³-hybridized carbons (Fsp3) is 0.250. The molecule has 0 aromatic heterocycles. The molecule has 3 nitrogen and oxygen atoms in total. The van der Waals surface area contributed by atoms with E-state index in [0.717, 1.165) is 24.3 Å². The third kappa shape index (κ3) is 3.48. The Bertz CT molecular complexity index is 484. The summed E-state index contributed by atoms with van der Waals surface area (Å²) in [6.45, 7) is 4.82. The number of benzene rings is 1. The molecular weight excluding hydrogens is 245 g/mol. The van der Waals surface area contributed by atoms with Crippen LogP contribution in [0.4, 0.5) is 13.2 Å². The quantitative estimate of drug-likeness (QED) is 0.882. The summed E-state index contributed by atoms with van der Waals surface area (Å²) in [4.78, 5) is 11.6. The number of nitrogens with zero attached hydrogens (tertiary/aromatic N) is 1. The predicted molar refractivity (Wildman–Crippen MR) is 58.3 cm³/mol. The van der Waals surface area contributed by atoms with Gasteiger partial charge in [0, 0.05) is 5.56 Å². The third-order valence-electron chi connectivity index (χ3n) is 2.11. The third-order valence-corrected chi connectivity index (χ3v) is 2.11. The smallest absolute Gasteiger partial charge is 0.334 e. The number of hydrogen-bond donors (Lipinski definition) is 1. The van der Waals surface area contributed by atoms with Gasteiger partial charge < -0.3 is 5.32 Å². The molecule has 1 rings (SSSR count). The second kappa shape index (κ2) is 4.69. The summed E-state index contributed by atoms with van der Waals surface area (Å²) in [5.74, 6) is -0.650. The van der Waals surface area contributed by atoms with Crippen LogP contribution in [0.5, 0.6) is 0 Å². The van der Waals surface area contributed by atoms with Gasteiger partial charge in [-0.3, -0.25) is 4.79 Å². The molecule has 1 amide bonds. The molecule has 1 N–H and O–H groups in total. The van der Waals surface area contributed by atoms with Crippen LogP contribution in [-0.2, 0) is 6.18 Å². The van der Waals surface area contributed by atoms with Crippen molar-refractivity contribution >= 4 is 5.91 Å². The molecule has 95 valence electrons. The zero-order chi connectivity index (χ0) is 14.0. The highest BCUT2D eigenvalue weighted by atomic mass is 19.4. The highest BCUT2D eigenvalue weighted by molar-refractivity contribution is 5.95. The number of alkyl halides is 3. The standard InChI is InChI=1S/C12H10F3N2O/c1-11(2,7-16)17-10(18)8-3-5-9(6-4-8)12(13,14)15/h3-6H,1H2,2H3,(H,17,18). The van der Waals surface area contributed by atoms with E-state index < -0.39 is 23.2 Å². The van der Waals surface area contributed by atoms with Crippen LogP contribution < -0.4 is 5.32 Å². The van der Waals surface area contributed by atoms with Crippen LogP contribution in [0.15, 0.2) is 24.3 Å². The maximum Gasteiger partial charge on any atom is 0.416 e. The Morgan fingerprint density at radius 2 is 1.83 bits per heavy atom. The van der Waals surface area contributed by atoms with Crippen LogP contribution in [0.1, 0.15) is 22.8 Å². The highest BCUT2D eigenvalue weighted by Crippen LogP contribution is 2.29. The lowest BCUT2D eigenvalue weighted by molar-refractivity contribution is -0.137. The van der Waals surface area contributed by atoms with E-state index in [4.69, 9.17) is 5.26 Å². The molecule has 1 unspecified atom stereocenters. The number of nitriles is 1. The fourth-order valence-corrected chi connectivity index (χ4v) is 1.16. The average molecular weight is 255 g/mol. The summed E-state index contributed by atoms with van der Waals surface area (Å²) in [5.41, 5.74) is -2.12. The van der Waals surface area contributed by atoms with Crippen LogP contribution in [0.2, 0.25) is 0 Å². The first-order valence-corrected chi connectivity index (χ1v) is 4.92. The molecule has 0 saturated carbocycles. The molecule has 1 aromatic carbocycles. The van der Waals surface area contributed by atoms with E-state index in [-0.39, 0.29) is 5.56 Å². The molecule has 0 bridgehead atoms. The minimum absolute atomic E-state index is 0.0353. The van der Waals surface area contributed by atoms with E-state index >= 15 is 0 Å². The van der Waals surface area contributed by atoms with E-state index in [0.29, 0.717) is 0 Å². The van der Waals surface area contributed by atoms with E-state index in [1.807, 2.05) is 0 Å². The monoisotopic (exact) mass is 255 g/mol. The molecule has 0 aliphatic carbocycles. The van der Waals surface area contributed by atoms with Gasteiger partial charge in [0.1, 0.15) is 5.54 Å². The zero-order valence-electron chi connectivity index (χ0n) is 9.51. The maximum atomic E-state index is 12.3. The maximum absolute atomic E-state index is 12.3. The summed E-state index contributed by atoms with van der Waals surface area (Å²) < 4.78 is 36.9. The van der Waals surface area contributed by atoms with Gasteiger partial charge in [0.15, 0.2) is 0 Å². The lowest BCUT2D eigenvalue weighted by atomic mass is 10.1. The molecule has 0 aliphatic rings. The Morgan fingerprint density at radius 1 is 1.33 bits per heavy atom. The average Bonchev–Trinajstić information content (AvgIpc) is 2.27. The van der Waals surface area contributed by atoms with Crippen molar-refractivity contribution in [2.75, 3.05) is 0 Å². The number of hydrogen-bond acceptors (Lipinski definition) is 2. The minimum Gasteiger partial charge on any atom is -0.334 e. The summed E-state index contributed by atoms with van der Waals surface area (Å²) >= 11 is 0. The Balaban J connectivity index is 2.87. The number of carbonyl (C=O) groups is 1. The van der Waals surface area contributed by atoms with Gasteiger partial charge in [-0.1, -0.05) is 0 Å². The van der Waals surface area contributed by atoms with Crippen molar-refractivity contribution in [1.82, 2.24) is 5.32 Å². The largest absolute Gasteiger partial charge is 0.416 e. The summed E-state index contributed by atoms with van der Waals surface area (Å²) in [7, 11) is 0. The molecule has 0 heterocycles. The van der Waals surface area contributed by atoms with Gasteiger partial charge in [0.25, 0.3) is 5.91 Å². The van der Waals surface area contributed by atoms with E-state index in [9.17, 15) is 18.0 Å². The fourth-order valence-electron chi connectivity index (χ4n) is 1.16. The Hall–Kier alpha value is -2.03. The van der Waals surface area contributed by atoms with Crippen LogP contribution >= 0.6 is 0 Å². The van der Waals surface area contributed by atoms with Gasteiger partial charge >= 0.3 is 6.18 Å². The zero-order valence-corrected chi connectivity index (χ0v) is 9.51. The van der Waals surface area contributed by atoms with Gasteiger partial charge in [-0.2, -0.15) is 18.4 Å². The van der Waals surface area contributed by atoms with Crippen molar-refractivity contribution in [3.05, 3.63) is 42.3 Å². The second-order valence-corrected chi connectivity index (χ2v) is 3.97. The molecule has 0 fully saturated rings. The number of nitrogens with one attached hydrogen (secondary N) is 1. The lowest BCUT2D eigenvalue weighted by Gasteiger charge is -2.17. The van der Waals surface area contributed by atoms with Crippen molar-refractivity contribution in [3.63, 3.8) is 0 Å². The topological polar surface area (TPSA) is 52.9 Å². The first-order valence-electron chi connectivity index (χ1n) is 4.92. The molecule has 18 heavy (non-hydrogen) atoms. The predicted octanol–water partition coefficient (Wildman–Crippen LogP) is 2.55. The van der Waals surface area contributed by atoms with Gasteiger partial charge in [0.2, 0.25) is 0 Å². The van der Waals surface area contributed by atoms with Crippen LogP contribution in [0, 0.1) is 18.3 Å². The number of halogens is 3. The molecule has 0 saturated heterocycles. The van der Waals surface area contributed by atoms with Crippen molar-refractivity contribution in [3.8, 4) is 6.07 Å². The summed E-state index contributed by atoms with van der Waals surface area (Å²) in [6.07, 6.45) is -4.44. The first-order chi connectivity index (χ1) is 8.15. The molecule has 0 aliphatic heterocycles. The Kier molecular flexibility index (Phi) is 3.65. The van der Waals surface area contributed by atoms with Crippen LogP contribution in [-0.4, -0.2) is 11.4 Å². The van der Waals surface area contributed by atoms with Crippen LogP contribution in [0.3, 0.4) is 0 Å². The molecule has 0 spiro atoms. The number of carbonyl (C=O) groups excluding carboxylic acids is 1. The molecular formula is C12H10F3N2O. The Morgan fingerprint density at radius 3 is 2.22 bits per heavy atom. The van der Waals surface area contributed by atoms with E-state index in [1.165, 1.54) is 6.92 Å². The van der Waals surface area contributed by atoms with Crippen molar-refractivity contribution in [2.24, 2.45) is 0 Å². The highest BCUT2D eigenvalue weighted by Gasteiger charge is 2.30. The van der Waals surface area contributed by atoms with Crippen molar-refractivity contribution in [2.45, 2.75) is 18.6 Å². The molecule has 1 aromatic rings. The van der Waals surface area contributed by atoms with Crippen molar-refractivity contribution < 1.29 is 18.0 Å². The van der Waals surface area contributed by atoms with Gasteiger partial charge in [-0.25, -0.2) is 0 Å². The summed E-state index contributed by atoms with van der Waals surface area (Å²) in [6, 6.07) is 5.46. The van der Waals surface area contributed by atoms with E-state index in [2.05, 4.69) is 12.2 Å². The van der Waals surface area contributed by atoms with Gasteiger partial charge in [-0.05, 0) is 38.1 Å². The van der Waals surface area contributed by atoms with Gasteiger partial charge in [0.05, 0.1) is 11.6 Å². The molecule has 1 atom stereocenters. The number of amides is 1. The SMILES string of the molecule is [CH2]C(C)(C#N)NC(=O)c1ccc(C(F)(F)F)cc1.